The quantitative estimate of drug-likeness (QED) is 0.753. The van der Waals surface area contributed by atoms with Crippen molar-refractivity contribution in [2.45, 2.75) is 36.8 Å². The van der Waals surface area contributed by atoms with Crippen LogP contribution < -0.4 is 10.5 Å². The smallest absolute Gasteiger partial charge is 0.240 e. The van der Waals surface area contributed by atoms with Gasteiger partial charge in [0.2, 0.25) is 10.0 Å². The van der Waals surface area contributed by atoms with E-state index in [2.05, 4.69) is 4.72 Å². The van der Waals surface area contributed by atoms with Gasteiger partial charge < -0.3 is 5.73 Å². The van der Waals surface area contributed by atoms with Crippen molar-refractivity contribution in [3.05, 3.63) is 23.8 Å². The monoisotopic (exact) mass is 334 g/mol. The lowest BCUT2D eigenvalue weighted by Crippen LogP contribution is -2.43. The molecule has 0 amide bonds. The van der Waals surface area contributed by atoms with Gasteiger partial charge in [-0.15, -0.1) is 0 Å². The molecule has 0 aromatic heterocycles. The van der Waals surface area contributed by atoms with E-state index in [-0.39, 0.29) is 11.4 Å². The summed E-state index contributed by atoms with van der Waals surface area (Å²) >= 11 is 0. The lowest BCUT2D eigenvalue weighted by molar-refractivity contribution is 0.536. The van der Waals surface area contributed by atoms with Crippen LogP contribution in [0.3, 0.4) is 0 Å². The zero-order valence-electron chi connectivity index (χ0n) is 12.7. The van der Waals surface area contributed by atoms with E-state index < -0.39 is 24.6 Å². The maximum Gasteiger partial charge on any atom is 0.240 e. The van der Waals surface area contributed by atoms with Crippen LogP contribution in [0.25, 0.3) is 0 Å². The van der Waals surface area contributed by atoms with Crippen molar-refractivity contribution >= 4 is 25.5 Å². The second-order valence-corrected chi connectivity index (χ2v) is 9.96. The van der Waals surface area contributed by atoms with Gasteiger partial charge in [-0.2, -0.15) is 0 Å². The molecular formula is C13H22N2O4S2. The highest BCUT2D eigenvalue weighted by molar-refractivity contribution is 7.92. The molecule has 0 radical (unpaired) electrons. The summed E-state index contributed by atoms with van der Waals surface area (Å²) in [5, 5.41) is 0. The van der Waals surface area contributed by atoms with Crippen molar-refractivity contribution in [3.63, 3.8) is 0 Å². The van der Waals surface area contributed by atoms with E-state index >= 15 is 0 Å². The van der Waals surface area contributed by atoms with Crippen LogP contribution in [0.15, 0.2) is 23.1 Å². The lowest BCUT2D eigenvalue weighted by atomic mass is 10.1. The summed E-state index contributed by atoms with van der Waals surface area (Å²) in [7, 11) is -7.20. The molecule has 3 N–H and O–H groups in total. The first-order chi connectivity index (χ1) is 9.40. The number of sulfonamides is 1. The SMILES string of the molecule is CCc1ccc(N)cc1S(=O)(=O)NCC(C)(C)S(C)(=O)=O. The van der Waals surface area contributed by atoms with Crippen LogP contribution in [0.5, 0.6) is 0 Å². The Morgan fingerprint density at radius 3 is 2.24 bits per heavy atom. The number of sulfone groups is 1. The molecule has 6 nitrogen and oxygen atoms in total. The zero-order chi connectivity index (χ0) is 16.5. The molecule has 1 rings (SSSR count). The second kappa shape index (κ2) is 5.94. The van der Waals surface area contributed by atoms with E-state index in [1.165, 1.54) is 19.9 Å². The standard InChI is InChI=1S/C13H22N2O4S2/c1-5-10-6-7-11(14)8-12(10)21(18,19)15-9-13(2,3)20(4,16)17/h6-8,15H,5,9,14H2,1-4H3. The summed E-state index contributed by atoms with van der Waals surface area (Å²) in [5.74, 6) is 0. The molecule has 0 heterocycles. The van der Waals surface area contributed by atoms with Gasteiger partial charge in [-0.25, -0.2) is 21.6 Å². The van der Waals surface area contributed by atoms with Gasteiger partial charge in [0.15, 0.2) is 9.84 Å². The highest BCUT2D eigenvalue weighted by atomic mass is 32.2. The number of rotatable bonds is 6. The summed E-state index contributed by atoms with van der Waals surface area (Å²) in [4.78, 5) is 0.0919. The maximum absolute atomic E-state index is 12.4. The van der Waals surface area contributed by atoms with Crippen LogP contribution in [0.1, 0.15) is 26.3 Å². The third kappa shape index (κ3) is 4.18. The Kier molecular flexibility index (Phi) is 5.07. The molecule has 1 aromatic carbocycles. The van der Waals surface area contributed by atoms with E-state index in [0.29, 0.717) is 17.7 Å². The molecule has 8 heteroatoms. The first-order valence-corrected chi connectivity index (χ1v) is 9.86. The third-order valence-electron chi connectivity index (χ3n) is 3.45. The highest BCUT2D eigenvalue weighted by Crippen LogP contribution is 2.21. The summed E-state index contributed by atoms with van der Waals surface area (Å²) in [6.45, 7) is 4.59. The molecule has 0 saturated carbocycles. The first kappa shape index (κ1) is 17.9. The van der Waals surface area contributed by atoms with Crippen molar-refractivity contribution in [3.8, 4) is 0 Å². The molecular weight excluding hydrogens is 312 g/mol. The Morgan fingerprint density at radius 1 is 1.19 bits per heavy atom. The van der Waals surface area contributed by atoms with E-state index in [4.69, 9.17) is 5.73 Å². The Hall–Kier alpha value is -1.12. The van der Waals surface area contributed by atoms with Crippen LogP contribution in [0.4, 0.5) is 5.69 Å². The molecule has 0 aliphatic carbocycles. The van der Waals surface area contributed by atoms with Crippen molar-refractivity contribution in [1.82, 2.24) is 4.72 Å². The van der Waals surface area contributed by atoms with Crippen molar-refractivity contribution in [2.24, 2.45) is 0 Å². The predicted octanol–water partition coefficient (Wildman–Crippen LogP) is 0.933. The van der Waals surface area contributed by atoms with Crippen LogP contribution in [0, 0.1) is 0 Å². The largest absolute Gasteiger partial charge is 0.399 e. The number of hydrogen-bond donors (Lipinski definition) is 2. The van der Waals surface area contributed by atoms with Crippen molar-refractivity contribution in [1.29, 1.82) is 0 Å². The molecule has 1 aromatic rings. The van der Waals surface area contributed by atoms with E-state index in [0.717, 1.165) is 6.26 Å². The molecule has 0 aliphatic heterocycles. The number of nitrogens with one attached hydrogen (secondary N) is 1. The van der Waals surface area contributed by atoms with Crippen LogP contribution in [-0.2, 0) is 26.3 Å². The summed E-state index contributed by atoms with van der Waals surface area (Å²) < 4.78 is 49.2. The predicted molar refractivity (Wildman–Crippen MR) is 84.3 cm³/mol. The molecule has 0 saturated heterocycles. The van der Waals surface area contributed by atoms with Gasteiger partial charge in [0.05, 0.1) is 9.64 Å². The van der Waals surface area contributed by atoms with E-state index in [1.54, 1.807) is 12.1 Å². The van der Waals surface area contributed by atoms with Crippen LogP contribution >= 0.6 is 0 Å². The molecule has 120 valence electrons. The minimum Gasteiger partial charge on any atom is -0.399 e. The maximum atomic E-state index is 12.4. The minimum absolute atomic E-state index is 0.0919. The summed E-state index contributed by atoms with van der Waals surface area (Å²) in [5.41, 5.74) is 6.62. The summed E-state index contributed by atoms with van der Waals surface area (Å²) in [6.07, 6.45) is 1.62. The molecule has 0 fully saturated rings. The van der Waals surface area contributed by atoms with Gasteiger partial charge in [0.25, 0.3) is 0 Å². The number of hydrogen-bond acceptors (Lipinski definition) is 5. The number of aryl methyl sites for hydroxylation is 1. The zero-order valence-corrected chi connectivity index (χ0v) is 14.3. The number of anilines is 1. The fourth-order valence-corrected chi connectivity index (χ4v) is 3.57. The number of benzene rings is 1. The Balaban J connectivity index is 3.12. The Bertz CT molecular complexity index is 723. The van der Waals surface area contributed by atoms with Crippen LogP contribution in [-0.4, -0.2) is 34.4 Å². The van der Waals surface area contributed by atoms with Gasteiger partial charge in [-0.1, -0.05) is 13.0 Å². The third-order valence-corrected chi connectivity index (χ3v) is 7.09. The first-order valence-electron chi connectivity index (χ1n) is 6.48. The normalized spacial score (nSPS) is 13.3. The molecule has 21 heavy (non-hydrogen) atoms. The van der Waals surface area contributed by atoms with Gasteiger partial charge in [0, 0.05) is 18.5 Å². The Morgan fingerprint density at radius 2 is 1.76 bits per heavy atom. The van der Waals surface area contributed by atoms with Gasteiger partial charge in [-0.3, -0.25) is 0 Å². The fraction of sp³-hybridized carbons (Fsp3) is 0.538. The number of nitrogens with two attached hydrogens (primary N) is 1. The topological polar surface area (TPSA) is 106 Å². The van der Waals surface area contributed by atoms with Gasteiger partial charge >= 0.3 is 0 Å². The lowest BCUT2D eigenvalue weighted by Gasteiger charge is -2.23. The fourth-order valence-electron chi connectivity index (χ4n) is 1.59. The second-order valence-electron chi connectivity index (χ2n) is 5.58. The average molecular weight is 334 g/mol. The molecule has 0 spiro atoms. The number of nitrogen functional groups attached to an aromatic ring is 1. The average Bonchev–Trinajstić information content (AvgIpc) is 2.35. The van der Waals surface area contributed by atoms with E-state index in [9.17, 15) is 16.8 Å². The Labute approximate surface area is 126 Å². The molecule has 0 atom stereocenters. The minimum atomic E-state index is -3.81. The van der Waals surface area contributed by atoms with Gasteiger partial charge in [-0.05, 0) is 38.0 Å². The summed E-state index contributed by atoms with van der Waals surface area (Å²) in [6, 6.07) is 4.68. The van der Waals surface area contributed by atoms with Gasteiger partial charge in [0.1, 0.15) is 0 Å². The molecule has 0 unspecified atom stereocenters. The van der Waals surface area contributed by atoms with E-state index in [1.807, 2.05) is 6.92 Å². The van der Waals surface area contributed by atoms with Crippen molar-refractivity contribution in [2.75, 3.05) is 18.5 Å². The molecule has 0 bridgehead atoms. The van der Waals surface area contributed by atoms with Crippen molar-refractivity contribution < 1.29 is 16.8 Å². The molecule has 0 aliphatic rings. The highest BCUT2D eigenvalue weighted by Gasteiger charge is 2.32. The van der Waals surface area contributed by atoms with Crippen LogP contribution in [0.2, 0.25) is 0 Å².